The highest BCUT2D eigenvalue weighted by atomic mass is 35.5. The maximum atomic E-state index is 5.42. The minimum atomic E-state index is 0. The average Bonchev–Trinajstić information content (AvgIpc) is 2.92. The van der Waals surface area contributed by atoms with Gasteiger partial charge in [0.15, 0.2) is 0 Å². The predicted octanol–water partition coefficient (Wildman–Crippen LogP) is 4.24. The molecule has 0 radical (unpaired) electrons. The fourth-order valence-electron chi connectivity index (χ4n) is 2.15. The quantitative estimate of drug-likeness (QED) is 0.791. The molecule has 2 rings (SSSR count). The van der Waals surface area contributed by atoms with E-state index in [0.29, 0.717) is 6.04 Å². The Morgan fingerprint density at radius 3 is 2.60 bits per heavy atom. The van der Waals surface area contributed by atoms with Gasteiger partial charge in [0, 0.05) is 17.5 Å². The zero-order chi connectivity index (χ0) is 13.7. The standard InChI is InChI=1S/C16H21NOS.ClH/c1-13(17(2)12-15-8-6-10-19-15)11-14-7-4-5-9-16(14)18-3;/h4-10,13H,11-12H2,1-3H3;1H. The van der Waals surface area contributed by atoms with Gasteiger partial charge in [-0.2, -0.15) is 0 Å². The Morgan fingerprint density at radius 2 is 1.95 bits per heavy atom. The molecule has 0 aliphatic heterocycles. The van der Waals surface area contributed by atoms with Crippen molar-refractivity contribution < 1.29 is 4.74 Å². The minimum Gasteiger partial charge on any atom is -0.496 e. The molecule has 0 saturated heterocycles. The Hall–Kier alpha value is -1.03. The SMILES string of the molecule is COc1ccccc1CC(C)N(C)Cc1cccs1.Cl. The highest BCUT2D eigenvalue weighted by Gasteiger charge is 2.13. The Balaban J connectivity index is 0.00000200. The lowest BCUT2D eigenvalue weighted by atomic mass is 10.1. The van der Waals surface area contributed by atoms with Crippen molar-refractivity contribution in [1.29, 1.82) is 0 Å². The molecule has 0 amide bonds. The van der Waals surface area contributed by atoms with Crippen LogP contribution in [-0.2, 0) is 13.0 Å². The molecule has 0 N–H and O–H groups in total. The summed E-state index contributed by atoms with van der Waals surface area (Å²) in [4.78, 5) is 3.80. The number of likely N-dealkylation sites (N-methyl/N-ethyl adjacent to an activating group) is 1. The van der Waals surface area contributed by atoms with Crippen LogP contribution < -0.4 is 4.74 Å². The lowest BCUT2D eigenvalue weighted by Gasteiger charge is -2.24. The largest absolute Gasteiger partial charge is 0.496 e. The molecule has 2 aromatic rings. The second-order valence-corrected chi connectivity index (χ2v) is 5.89. The van der Waals surface area contributed by atoms with E-state index in [2.05, 4.69) is 48.5 Å². The Bertz CT molecular complexity index is 501. The van der Waals surface area contributed by atoms with E-state index in [1.165, 1.54) is 10.4 Å². The van der Waals surface area contributed by atoms with Crippen molar-refractivity contribution in [3.05, 3.63) is 52.2 Å². The molecule has 110 valence electrons. The third-order valence-corrected chi connectivity index (χ3v) is 4.31. The molecule has 0 spiro atoms. The molecule has 1 aromatic carbocycles. The monoisotopic (exact) mass is 311 g/mol. The maximum absolute atomic E-state index is 5.42. The zero-order valence-corrected chi connectivity index (χ0v) is 13.8. The van der Waals surface area contributed by atoms with Crippen LogP contribution in [0.3, 0.4) is 0 Å². The highest BCUT2D eigenvalue weighted by Crippen LogP contribution is 2.21. The van der Waals surface area contributed by atoms with Crippen LogP contribution in [0.4, 0.5) is 0 Å². The molecule has 1 aromatic heterocycles. The summed E-state index contributed by atoms with van der Waals surface area (Å²) in [6.45, 7) is 3.27. The molecule has 0 bridgehead atoms. The summed E-state index contributed by atoms with van der Waals surface area (Å²) in [6, 6.07) is 13.1. The van der Waals surface area contributed by atoms with Crippen LogP contribution >= 0.6 is 23.7 Å². The van der Waals surface area contributed by atoms with Gasteiger partial charge in [0.1, 0.15) is 5.75 Å². The van der Waals surface area contributed by atoms with Crippen LogP contribution in [0, 0.1) is 0 Å². The van der Waals surface area contributed by atoms with E-state index in [4.69, 9.17) is 4.74 Å². The topological polar surface area (TPSA) is 12.5 Å². The van der Waals surface area contributed by atoms with Gasteiger partial charge in [0.2, 0.25) is 0 Å². The van der Waals surface area contributed by atoms with Crippen LogP contribution in [0.5, 0.6) is 5.75 Å². The first kappa shape index (κ1) is 17.0. The summed E-state index contributed by atoms with van der Waals surface area (Å²) in [5, 5.41) is 2.13. The number of nitrogens with zero attached hydrogens (tertiary/aromatic N) is 1. The number of ether oxygens (including phenoxy) is 1. The molecule has 4 heteroatoms. The van der Waals surface area contributed by atoms with Crippen LogP contribution in [-0.4, -0.2) is 25.1 Å². The van der Waals surface area contributed by atoms with E-state index in [1.54, 1.807) is 7.11 Å². The van der Waals surface area contributed by atoms with Crippen molar-refractivity contribution in [2.45, 2.75) is 25.9 Å². The third kappa shape index (κ3) is 4.51. The molecule has 1 unspecified atom stereocenters. The van der Waals surface area contributed by atoms with Gasteiger partial charge < -0.3 is 4.74 Å². The van der Waals surface area contributed by atoms with Gasteiger partial charge >= 0.3 is 0 Å². The van der Waals surface area contributed by atoms with Crippen LogP contribution in [0.25, 0.3) is 0 Å². The molecule has 2 nitrogen and oxygen atoms in total. The van der Waals surface area contributed by atoms with Gasteiger partial charge in [-0.25, -0.2) is 0 Å². The number of methoxy groups -OCH3 is 1. The van der Waals surface area contributed by atoms with Crippen molar-refractivity contribution in [3.63, 3.8) is 0 Å². The van der Waals surface area contributed by atoms with Gasteiger partial charge in [-0.1, -0.05) is 24.3 Å². The molecule has 20 heavy (non-hydrogen) atoms. The number of para-hydroxylation sites is 1. The Labute approximate surface area is 131 Å². The number of rotatable bonds is 6. The van der Waals surface area contributed by atoms with Crippen molar-refractivity contribution in [1.82, 2.24) is 4.90 Å². The molecule has 0 fully saturated rings. The van der Waals surface area contributed by atoms with E-state index in [1.807, 2.05) is 23.5 Å². The van der Waals surface area contributed by atoms with E-state index >= 15 is 0 Å². The normalized spacial score (nSPS) is 12.0. The first-order valence-electron chi connectivity index (χ1n) is 6.55. The van der Waals surface area contributed by atoms with Crippen molar-refractivity contribution >= 4 is 23.7 Å². The summed E-state index contributed by atoms with van der Waals surface area (Å²) < 4.78 is 5.42. The van der Waals surface area contributed by atoms with Crippen molar-refractivity contribution in [2.24, 2.45) is 0 Å². The molecule has 0 saturated carbocycles. The molecule has 0 aliphatic rings. The molecule has 1 heterocycles. The van der Waals surface area contributed by atoms with E-state index < -0.39 is 0 Å². The molecular formula is C16H22ClNOS. The Kier molecular flexibility index (Phi) is 7.06. The third-order valence-electron chi connectivity index (χ3n) is 3.45. The van der Waals surface area contributed by atoms with Crippen LogP contribution in [0.15, 0.2) is 41.8 Å². The van der Waals surface area contributed by atoms with E-state index in [9.17, 15) is 0 Å². The van der Waals surface area contributed by atoms with Crippen LogP contribution in [0.2, 0.25) is 0 Å². The smallest absolute Gasteiger partial charge is 0.122 e. The van der Waals surface area contributed by atoms with Gasteiger partial charge in [-0.3, -0.25) is 4.90 Å². The highest BCUT2D eigenvalue weighted by molar-refractivity contribution is 7.09. The van der Waals surface area contributed by atoms with E-state index in [-0.39, 0.29) is 12.4 Å². The van der Waals surface area contributed by atoms with Gasteiger partial charge in [-0.05, 0) is 43.5 Å². The maximum Gasteiger partial charge on any atom is 0.122 e. The molecular weight excluding hydrogens is 290 g/mol. The first-order valence-corrected chi connectivity index (χ1v) is 7.43. The molecule has 0 aliphatic carbocycles. The van der Waals surface area contributed by atoms with Crippen molar-refractivity contribution in [2.75, 3.05) is 14.2 Å². The van der Waals surface area contributed by atoms with Gasteiger partial charge in [0.05, 0.1) is 7.11 Å². The minimum absolute atomic E-state index is 0. The van der Waals surface area contributed by atoms with Gasteiger partial charge in [0.25, 0.3) is 0 Å². The second kappa shape index (κ2) is 8.30. The number of halogens is 1. The number of hydrogen-bond acceptors (Lipinski definition) is 3. The fraction of sp³-hybridized carbons (Fsp3) is 0.375. The second-order valence-electron chi connectivity index (χ2n) is 4.86. The van der Waals surface area contributed by atoms with Crippen LogP contribution in [0.1, 0.15) is 17.4 Å². The molecule has 1 atom stereocenters. The average molecular weight is 312 g/mol. The lowest BCUT2D eigenvalue weighted by Crippen LogP contribution is -2.30. The fourth-order valence-corrected chi connectivity index (χ4v) is 2.92. The number of hydrogen-bond donors (Lipinski definition) is 0. The van der Waals surface area contributed by atoms with Crippen molar-refractivity contribution in [3.8, 4) is 5.75 Å². The van der Waals surface area contributed by atoms with E-state index in [0.717, 1.165) is 18.7 Å². The number of benzene rings is 1. The Morgan fingerprint density at radius 1 is 1.20 bits per heavy atom. The summed E-state index contributed by atoms with van der Waals surface area (Å²) in [7, 11) is 3.92. The summed E-state index contributed by atoms with van der Waals surface area (Å²) >= 11 is 1.82. The number of thiophene rings is 1. The van der Waals surface area contributed by atoms with Gasteiger partial charge in [-0.15, -0.1) is 23.7 Å². The first-order chi connectivity index (χ1) is 9.20. The zero-order valence-electron chi connectivity index (χ0n) is 12.2. The summed E-state index contributed by atoms with van der Waals surface area (Å²) in [5.74, 6) is 0.985. The summed E-state index contributed by atoms with van der Waals surface area (Å²) in [6.07, 6.45) is 1.01. The predicted molar refractivity (Wildman–Crippen MR) is 89.2 cm³/mol. The summed E-state index contributed by atoms with van der Waals surface area (Å²) in [5.41, 5.74) is 1.27. The lowest BCUT2D eigenvalue weighted by molar-refractivity contribution is 0.248.